The van der Waals surface area contributed by atoms with Crippen LogP contribution in [-0.4, -0.2) is 26.2 Å². The van der Waals surface area contributed by atoms with E-state index in [9.17, 15) is 0 Å². The Morgan fingerprint density at radius 2 is 2.17 bits per heavy atom. The van der Waals surface area contributed by atoms with Crippen molar-refractivity contribution in [3.8, 4) is 11.1 Å². The van der Waals surface area contributed by atoms with Crippen LogP contribution in [0.5, 0.6) is 0 Å². The molecule has 5 heteroatoms. The van der Waals surface area contributed by atoms with Crippen LogP contribution in [0.25, 0.3) is 22.2 Å². The topological polar surface area (TPSA) is 69.4 Å². The van der Waals surface area contributed by atoms with Crippen molar-refractivity contribution in [2.75, 3.05) is 5.32 Å². The number of H-pyrrole nitrogens is 2. The highest BCUT2D eigenvalue weighted by molar-refractivity contribution is 5.98. The highest BCUT2D eigenvalue weighted by Crippen LogP contribution is 2.33. The molecule has 0 spiro atoms. The van der Waals surface area contributed by atoms with Crippen LogP contribution in [0.2, 0.25) is 0 Å². The summed E-state index contributed by atoms with van der Waals surface area (Å²) >= 11 is 0. The van der Waals surface area contributed by atoms with E-state index in [1.54, 1.807) is 6.20 Å². The number of fused-ring (bicyclic) bond motifs is 1. The van der Waals surface area contributed by atoms with E-state index in [1.807, 2.05) is 24.7 Å². The average molecular weight is 241 g/mol. The first-order chi connectivity index (χ1) is 8.75. The molecule has 3 aromatic heterocycles. The Kier molecular flexibility index (Phi) is 2.51. The van der Waals surface area contributed by atoms with Gasteiger partial charge < -0.3 is 10.3 Å². The van der Waals surface area contributed by atoms with Crippen molar-refractivity contribution in [1.29, 1.82) is 0 Å². The standard InChI is InChI=1S/C13H15N5/c1-8(2)18-12-10-3-4-14-13(10)15-7-11(12)9-5-16-17-6-9/h3-8H,1-2H3,(H,16,17)(H2,14,15,18). The Hall–Kier alpha value is -2.30. The van der Waals surface area contributed by atoms with Crippen molar-refractivity contribution < 1.29 is 0 Å². The lowest BCUT2D eigenvalue weighted by Gasteiger charge is -2.14. The van der Waals surface area contributed by atoms with Crippen LogP contribution < -0.4 is 5.32 Å². The average Bonchev–Trinajstić information content (AvgIpc) is 2.99. The van der Waals surface area contributed by atoms with Crippen molar-refractivity contribution in [3.05, 3.63) is 30.9 Å². The predicted molar refractivity (Wildman–Crippen MR) is 72.4 cm³/mol. The predicted octanol–water partition coefficient (Wildman–Crippen LogP) is 2.77. The van der Waals surface area contributed by atoms with E-state index in [1.165, 1.54) is 0 Å². The first kappa shape index (κ1) is 10.8. The van der Waals surface area contributed by atoms with E-state index in [2.05, 4.69) is 39.3 Å². The summed E-state index contributed by atoms with van der Waals surface area (Å²) in [5.41, 5.74) is 4.08. The van der Waals surface area contributed by atoms with Gasteiger partial charge in [-0.2, -0.15) is 5.10 Å². The molecule has 5 nitrogen and oxygen atoms in total. The molecule has 0 aromatic carbocycles. The molecular weight excluding hydrogens is 226 g/mol. The molecule has 0 saturated carbocycles. The highest BCUT2D eigenvalue weighted by atomic mass is 15.1. The molecule has 3 rings (SSSR count). The van der Waals surface area contributed by atoms with Gasteiger partial charge in [-0.25, -0.2) is 4.98 Å². The van der Waals surface area contributed by atoms with Crippen LogP contribution in [-0.2, 0) is 0 Å². The fourth-order valence-corrected chi connectivity index (χ4v) is 2.07. The maximum Gasteiger partial charge on any atom is 0.139 e. The van der Waals surface area contributed by atoms with Crippen molar-refractivity contribution in [2.24, 2.45) is 0 Å². The summed E-state index contributed by atoms with van der Waals surface area (Å²) in [6, 6.07) is 2.40. The van der Waals surface area contributed by atoms with Gasteiger partial charge in [0.1, 0.15) is 5.65 Å². The molecule has 0 radical (unpaired) electrons. The molecule has 0 aliphatic heterocycles. The van der Waals surface area contributed by atoms with E-state index in [-0.39, 0.29) is 0 Å². The highest BCUT2D eigenvalue weighted by Gasteiger charge is 2.12. The second kappa shape index (κ2) is 4.18. The number of nitrogens with one attached hydrogen (secondary N) is 3. The molecule has 0 atom stereocenters. The summed E-state index contributed by atoms with van der Waals surface area (Å²) < 4.78 is 0. The van der Waals surface area contributed by atoms with Gasteiger partial charge in [0.25, 0.3) is 0 Å². The van der Waals surface area contributed by atoms with E-state index in [0.717, 1.165) is 27.8 Å². The van der Waals surface area contributed by atoms with Gasteiger partial charge in [-0.3, -0.25) is 5.10 Å². The molecule has 0 fully saturated rings. The van der Waals surface area contributed by atoms with E-state index < -0.39 is 0 Å². The number of pyridine rings is 1. The monoisotopic (exact) mass is 241 g/mol. The van der Waals surface area contributed by atoms with Crippen molar-refractivity contribution in [2.45, 2.75) is 19.9 Å². The Morgan fingerprint density at radius 3 is 2.89 bits per heavy atom. The van der Waals surface area contributed by atoms with Crippen LogP contribution >= 0.6 is 0 Å². The number of anilines is 1. The molecule has 3 N–H and O–H groups in total. The van der Waals surface area contributed by atoms with Gasteiger partial charge in [0, 0.05) is 41.1 Å². The van der Waals surface area contributed by atoms with Gasteiger partial charge in [0.2, 0.25) is 0 Å². The largest absolute Gasteiger partial charge is 0.382 e. The Balaban J connectivity index is 2.23. The van der Waals surface area contributed by atoms with E-state index in [0.29, 0.717) is 6.04 Å². The van der Waals surface area contributed by atoms with Crippen molar-refractivity contribution >= 4 is 16.7 Å². The summed E-state index contributed by atoms with van der Waals surface area (Å²) in [5, 5.41) is 11.4. The number of nitrogens with zero attached hydrogens (tertiary/aromatic N) is 2. The minimum atomic E-state index is 0.358. The van der Waals surface area contributed by atoms with Gasteiger partial charge in [-0.15, -0.1) is 0 Å². The van der Waals surface area contributed by atoms with Crippen LogP contribution in [0.3, 0.4) is 0 Å². The Labute approximate surface area is 105 Å². The van der Waals surface area contributed by atoms with Gasteiger partial charge >= 0.3 is 0 Å². The van der Waals surface area contributed by atoms with Gasteiger partial charge in [-0.05, 0) is 19.9 Å². The summed E-state index contributed by atoms with van der Waals surface area (Å²) in [4.78, 5) is 7.56. The van der Waals surface area contributed by atoms with Crippen LogP contribution in [0.1, 0.15) is 13.8 Å². The summed E-state index contributed by atoms with van der Waals surface area (Å²) in [5.74, 6) is 0. The first-order valence-corrected chi connectivity index (χ1v) is 5.97. The fourth-order valence-electron chi connectivity index (χ4n) is 2.07. The van der Waals surface area contributed by atoms with Crippen LogP contribution in [0.4, 0.5) is 5.69 Å². The number of hydrogen-bond acceptors (Lipinski definition) is 3. The van der Waals surface area contributed by atoms with E-state index >= 15 is 0 Å². The molecule has 92 valence electrons. The molecule has 0 aliphatic rings. The molecule has 0 amide bonds. The van der Waals surface area contributed by atoms with Gasteiger partial charge in [0.15, 0.2) is 0 Å². The molecule has 3 aromatic rings. The minimum Gasteiger partial charge on any atom is -0.382 e. The summed E-state index contributed by atoms with van der Waals surface area (Å²) in [6.45, 7) is 4.25. The zero-order valence-electron chi connectivity index (χ0n) is 10.4. The minimum absolute atomic E-state index is 0.358. The molecule has 0 aliphatic carbocycles. The van der Waals surface area contributed by atoms with Gasteiger partial charge in [0.05, 0.1) is 11.9 Å². The third kappa shape index (κ3) is 1.73. The third-order valence-electron chi connectivity index (χ3n) is 2.83. The summed E-state index contributed by atoms with van der Waals surface area (Å²) in [7, 11) is 0. The lowest BCUT2D eigenvalue weighted by Crippen LogP contribution is -2.11. The smallest absolute Gasteiger partial charge is 0.139 e. The zero-order valence-corrected chi connectivity index (χ0v) is 10.4. The SMILES string of the molecule is CC(C)Nc1c(-c2cn[nH]c2)cnc2[nH]ccc12. The van der Waals surface area contributed by atoms with Gasteiger partial charge in [-0.1, -0.05) is 0 Å². The number of hydrogen-bond donors (Lipinski definition) is 3. The molecular formula is C13H15N5. The van der Waals surface area contributed by atoms with E-state index in [4.69, 9.17) is 0 Å². The lowest BCUT2D eigenvalue weighted by molar-refractivity contribution is 0.902. The molecule has 0 saturated heterocycles. The molecule has 3 heterocycles. The number of rotatable bonds is 3. The maximum atomic E-state index is 4.43. The normalized spacial score (nSPS) is 11.3. The van der Waals surface area contributed by atoms with Crippen molar-refractivity contribution in [1.82, 2.24) is 20.2 Å². The Bertz CT molecular complexity index is 651. The maximum absolute atomic E-state index is 4.43. The molecule has 0 unspecified atom stereocenters. The van der Waals surface area contributed by atoms with Crippen molar-refractivity contribution in [3.63, 3.8) is 0 Å². The van der Waals surface area contributed by atoms with Crippen LogP contribution in [0, 0.1) is 0 Å². The number of aromatic amines is 2. The second-order valence-corrected chi connectivity index (χ2v) is 4.57. The number of aromatic nitrogens is 4. The third-order valence-corrected chi connectivity index (χ3v) is 2.83. The lowest BCUT2D eigenvalue weighted by atomic mass is 10.1. The molecule has 18 heavy (non-hydrogen) atoms. The molecule has 0 bridgehead atoms. The quantitative estimate of drug-likeness (QED) is 0.660. The zero-order chi connectivity index (χ0) is 12.5. The summed E-state index contributed by atoms with van der Waals surface area (Å²) in [6.07, 6.45) is 7.46. The fraction of sp³-hybridized carbons (Fsp3) is 0.231. The Morgan fingerprint density at radius 1 is 1.28 bits per heavy atom. The first-order valence-electron chi connectivity index (χ1n) is 5.97. The van der Waals surface area contributed by atoms with Crippen LogP contribution in [0.15, 0.2) is 30.9 Å². The second-order valence-electron chi connectivity index (χ2n) is 4.57.